The molecule has 1 amide bonds. The molecule has 86 valence electrons. The zero-order chi connectivity index (χ0) is 11.7. The van der Waals surface area contributed by atoms with Gasteiger partial charge in [-0.3, -0.25) is 4.79 Å². The molecule has 0 aromatic heterocycles. The number of phenols is 1. The van der Waals surface area contributed by atoms with E-state index in [0.717, 1.165) is 16.4 Å². The Labute approximate surface area is 107 Å². The van der Waals surface area contributed by atoms with Gasteiger partial charge in [-0.2, -0.15) is 0 Å². The number of carbonyl (C=O) groups excluding carboxylic acids is 1. The smallest absolute Gasteiger partial charge is 0.255 e. The van der Waals surface area contributed by atoms with Crippen LogP contribution in [0.5, 0.6) is 5.75 Å². The van der Waals surface area contributed by atoms with Crippen molar-refractivity contribution in [2.45, 2.75) is 24.9 Å². The summed E-state index contributed by atoms with van der Waals surface area (Å²) >= 11 is 2.10. The third-order valence-corrected chi connectivity index (χ3v) is 3.38. The molecule has 1 aliphatic rings. The third-order valence-electron chi connectivity index (χ3n) is 2.71. The highest BCUT2D eigenvalue weighted by molar-refractivity contribution is 14.1. The second-order valence-corrected chi connectivity index (χ2v) is 5.31. The van der Waals surface area contributed by atoms with Crippen LogP contribution in [0.25, 0.3) is 0 Å². The lowest BCUT2D eigenvalue weighted by Gasteiger charge is -2.33. The van der Waals surface area contributed by atoms with Crippen LogP contribution in [0.2, 0.25) is 0 Å². The van der Waals surface area contributed by atoms with Gasteiger partial charge in [0.1, 0.15) is 5.75 Å². The molecular weight excluding hydrogens is 319 g/mol. The lowest BCUT2D eigenvalue weighted by molar-refractivity contribution is 0.0907. The largest absolute Gasteiger partial charge is 0.507 e. The van der Waals surface area contributed by atoms with E-state index in [2.05, 4.69) is 27.9 Å². The Morgan fingerprint density at radius 2 is 2.19 bits per heavy atom. The Kier molecular flexibility index (Phi) is 3.34. The predicted molar refractivity (Wildman–Crippen MR) is 69.3 cm³/mol. The van der Waals surface area contributed by atoms with Crippen molar-refractivity contribution in [3.63, 3.8) is 0 Å². The van der Waals surface area contributed by atoms with Gasteiger partial charge >= 0.3 is 0 Å². The van der Waals surface area contributed by atoms with Gasteiger partial charge in [-0.25, -0.2) is 0 Å². The summed E-state index contributed by atoms with van der Waals surface area (Å²) in [7, 11) is 0. The summed E-state index contributed by atoms with van der Waals surface area (Å²) < 4.78 is 0.922. The molecule has 4 nitrogen and oxygen atoms in total. The van der Waals surface area contributed by atoms with E-state index >= 15 is 0 Å². The number of hydrogen-bond acceptors (Lipinski definition) is 3. The molecule has 1 aromatic carbocycles. The number of amides is 1. The molecular formula is C11H13IN2O2. The average molecular weight is 332 g/mol. The highest BCUT2D eigenvalue weighted by atomic mass is 127. The number of nitrogens with one attached hydrogen (secondary N) is 1. The molecule has 1 fully saturated rings. The molecule has 1 aliphatic carbocycles. The van der Waals surface area contributed by atoms with Crippen LogP contribution in [0.15, 0.2) is 18.2 Å². The minimum atomic E-state index is -0.229. The van der Waals surface area contributed by atoms with Crippen LogP contribution >= 0.6 is 22.6 Å². The van der Waals surface area contributed by atoms with E-state index in [1.165, 1.54) is 6.07 Å². The molecule has 5 heteroatoms. The van der Waals surface area contributed by atoms with Crippen LogP contribution in [0, 0.1) is 3.57 Å². The Morgan fingerprint density at radius 3 is 2.81 bits per heavy atom. The van der Waals surface area contributed by atoms with Crippen molar-refractivity contribution >= 4 is 28.5 Å². The van der Waals surface area contributed by atoms with Gasteiger partial charge in [0, 0.05) is 15.7 Å². The van der Waals surface area contributed by atoms with Crippen molar-refractivity contribution in [3.8, 4) is 5.75 Å². The highest BCUT2D eigenvalue weighted by Gasteiger charge is 2.28. The molecule has 0 bridgehead atoms. The second-order valence-electron chi connectivity index (χ2n) is 4.06. The first kappa shape index (κ1) is 11.7. The number of carbonyl (C=O) groups is 1. The van der Waals surface area contributed by atoms with E-state index < -0.39 is 0 Å². The fourth-order valence-electron chi connectivity index (χ4n) is 1.73. The SMILES string of the molecule is NC1CC(NC(=O)c2cc(I)ccc2O)C1. The summed E-state index contributed by atoms with van der Waals surface area (Å²) in [6, 6.07) is 5.31. The maximum atomic E-state index is 11.8. The zero-order valence-corrected chi connectivity index (χ0v) is 10.8. The number of hydrogen-bond donors (Lipinski definition) is 3. The molecule has 4 N–H and O–H groups in total. The van der Waals surface area contributed by atoms with Gasteiger partial charge < -0.3 is 16.2 Å². The predicted octanol–water partition coefficient (Wildman–Crippen LogP) is 1.22. The number of benzene rings is 1. The van der Waals surface area contributed by atoms with Gasteiger partial charge in [-0.15, -0.1) is 0 Å². The molecule has 1 saturated carbocycles. The molecule has 2 rings (SSSR count). The van der Waals surface area contributed by atoms with Gasteiger partial charge in [0.2, 0.25) is 0 Å². The van der Waals surface area contributed by atoms with Crippen molar-refractivity contribution in [1.82, 2.24) is 5.32 Å². The Bertz CT molecular complexity index is 416. The number of aromatic hydroxyl groups is 1. The van der Waals surface area contributed by atoms with E-state index in [4.69, 9.17) is 5.73 Å². The highest BCUT2D eigenvalue weighted by Crippen LogP contribution is 2.22. The zero-order valence-electron chi connectivity index (χ0n) is 8.61. The summed E-state index contributed by atoms with van der Waals surface area (Å²) in [5.74, 6) is -0.213. The van der Waals surface area contributed by atoms with E-state index in [1.807, 2.05) is 0 Å². The van der Waals surface area contributed by atoms with Gasteiger partial charge in [0.05, 0.1) is 5.56 Å². The molecule has 1 aromatic rings. The van der Waals surface area contributed by atoms with Crippen molar-refractivity contribution < 1.29 is 9.90 Å². The summed E-state index contributed by atoms with van der Waals surface area (Å²) in [6.07, 6.45) is 1.63. The molecule has 0 aliphatic heterocycles. The standard InChI is InChI=1S/C11H13IN2O2/c12-6-1-2-10(15)9(3-6)11(16)14-8-4-7(13)5-8/h1-3,7-8,15H,4-5,13H2,(H,14,16). The van der Waals surface area contributed by atoms with Crippen molar-refractivity contribution in [1.29, 1.82) is 0 Å². The van der Waals surface area contributed by atoms with E-state index in [-0.39, 0.29) is 23.7 Å². The fraction of sp³-hybridized carbons (Fsp3) is 0.364. The van der Waals surface area contributed by atoms with Crippen LogP contribution in [0.4, 0.5) is 0 Å². The maximum absolute atomic E-state index is 11.8. The van der Waals surface area contributed by atoms with Gasteiger partial charge in [-0.1, -0.05) is 0 Å². The molecule has 0 radical (unpaired) electrons. The summed E-state index contributed by atoms with van der Waals surface area (Å²) in [4.78, 5) is 11.8. The van der Waals surface area contributed by atoms with Crippen molar-refractivity contribution in [2.24, 2.45) is 5.73 Å². The summed E-state index contributed by atoms with van der Waals surface area (Å²) in [6.45, 7) is 0. The molecule has 0 spiro atoms. The van der Waals surface area contributed by atoms with Gasteiger partial charge in [-0.05, 0) is 53.6 Å². The van der Waals surface area contributed by atoms with Crippen LogP contribution in [-0.2, 0) is 0 Å². The lowest BCUT2D eigenvalue weighted by atomic mass is 9.87. The molecule has 0 heterocycles. The van der Waals surface area contributed by atoms with E-state index in [1.54, 1.807) is 12.1 Å². The Morgan fingerprint density at radius 1 is 1.50 bits per heavy atom. The van der Waals surface area contributed by atoms with Crippen LogP contribution < -0.4 is 11.1 Å². The Hall–Kier alpha value is -0.820. The van der Waals surface area contributed by atoms with E-state index in [9.17, 15) is 9.90 Å². The number of nitrogens with two attached hydrogens (primary N) is 1. The van der Waals surface area contributed by atoms with Gasteiger partial charge in [0.15, 0.2) is 0 Å². The summed E-state index contributed by atoms with van der Waals surface area (Å²) in [5, 5.41) is 12.4. The quantitative estimate of drug-likeness (QED) is 0.713. The lowest BCUT2D eigenvalue weighted by Crippen LogP contribution is -2.50. The first-order valence-electron chi connectivity index (χ1n) is 5.11. The topological polar surface area (TPSA) is 75.3 Å². The Balaban J connectivity index is 2.05. The normalized spacial score (nSPS) is 23.6. The fourth-order valence-corrected chi connectivity index (χ4v) is 2.22. The maximum Gasteiger partial charge on any atom is 0.255 e. The minimum Gasteiger partial charge on any atom is -0.507 e. The van der Waals surface area contributed by atoms with Crippen molar-refractivity contribution in [3.05, 3.63) is 27.3 Å². The van der Waals surface area contributed by atoms with Crippen molar-refractivity contribution in [2.75, 3.05) is 0 Å². The molecule has 0 unspecified atom stereocenters. The minimum absolute atomic E-state index is 0.0153. The number of halogens is 1. The molecule has 16 heavy (non-hydrogen) atoms. The average Bonchev–Trinajstić information content (AvgIpc) is 2.19. The molecule has 0 atom stereocenters. The molecule has 0 saturated heterocycles. The third kappa shape index (κ3) is 2.46. The van der Waals surface area contributed by atoms with Crippen LogP contribution in [0.1, 0.15) is 23.2 Å². The summed E-state index contributed by atoms with van der Waals surface area (Å²) in [5.41, 5.74) is 5.96. The van der Waals surface area contributed by atoms with Crippen LogP contribution in [0.3, 0.4) is 0 Å². The monoisotopic (exact) mass is 332 g/mol. The van der Waals surface area contributed by atoms with E-state index in [0.29, 0.717) is 5.56 Å². The number of phenolic OH excluding ortho intramolecular Hbond substituents is 1. The second kappa shape index (κ2) is 4.58. The first-order valence-corrected chi connectivity index (χ1v) is 6.19. The van der Waals surface area contributed by atoms with Gasteiger partial charge in [0.25, 0.3) is 5.91 Å². The first-order chi connectivity index (χ1) is 7.56. The van der Waals surface area contributed by atoms with Crippen LogP contribution in [-0.4, -0.2) is 23.1 Å². The number of rotatable bonds is 2.